The number of methoxy groups -OCH3 is 1. The average molecular weight is 295 g/mol. The molecule has 0 aromatic rings. The summed E-state index contributed by atoms with van der Waals surface area (Å²) in [4.78, 5) is 0. The number of sulfonamides is 1. The van der Waals surface area contributed by atoms with Crippen LogP contribution >= 0.6 is 0 Å². The van der Waals surface area contributed by atoms with Gasteiger partial charge in [0.25, 0.3) is 0 Å². The maximum absolute atomic E-state index is 12.3. The first-order valence-electron chi connectivity index (χ1n) is 6.05. The van der Waals surface area contributed by atoms with E-state index in [1.165, 1.54) is 11.4 Å². The van der Waals surface area contributed by atoms with Crippen molar-refractivity contribution in [2.75, 3.05) is 32.6 Å². The molecule has 0 saturated carbocycles. The predicted molar refractivity (Wildman–Crippen MR) is 74.7 cm³/mol. The van der Waals surface area contributed by atoms with E-state index in [1.54, 1.807) is 0 Å². The highest BCUT2D eigenvalue weighted by atomic mass is 32.2. The lowest BCUT2D eigenvalue weighted by Gasteiger charge is -2.26. The summed E-state index contributed by atoms with van der Waals surface area (Å²) in [7, 11) is -1.88. The Labute approximate surface area is 115 Å². The minimum atomic E-state index is -3.40. The van der Waals surface area contributed by atoms with Crippen LogP contribution in [0.1, 0.15) is 27.2 Å². The van der Waals surface area contributed by atoms with Gasteiger partial charge in [0.05, 0.1) is 12.4 Å². The number of amidine groups is 1. The Hall–Kier alpha value is -0.860. The van der Waals surface area contributed by atoms with Crippen molar-refractivity contribution in [1.29, 1.82) is 0 Å². The number of rotatable bonds is 8. The molecule has 0 aliphatic heterocycles. The van der Waals surface area contributed by atoms with E-state index in [9.17, 15) is 8.42 Å². The van der Waals surface area contributed by atoms with Gasteiger partial charge in [-0.3, -0.25) is 0 Å². The Bertz CT molecular complexity index is 387. The zero-order chi connectivity index (χ0) is 15.1. The van der Waals surface area contributed by atoms with Crippen molar-refractivity contribution < 1.29 is 18.4 Å². The van der Waals surface area contributed by atoms with Crippen LogP contribution in [0.5, 0.6) is 0 Å². The first kappa shape index (κ1) is 18.1. The second kappa shape index (κ2) is 7.66. The monoisotopic (exact) mass is 295 g/mol. The molecule has 0 bridgehead atoms. The normalized spacial score (nSPS) is 14.1. The lowest BCUT2D eigenvalue weighted by Crippen LogP contribution is -2.40. The summed E-state index contributed by atoms with van der Waals surface area (Å²) in [5.41, 5.74) is 5.04. The third-order valence-corrected chi connectivity index (χ3v) is 4.68. The van der Waals surface area contributed by atoms with Crippen molar-refractivity contribution in [1.82, 2.24) is 4.31 Å². The summed E-state index contributed by atoms with van der Waals surface area (Å²) in [5.74, 6) is 0.0493. The molecule has 0 aromatic heterocycles. The van der Waals surface area contributed by atoms with Gasteiger partial charge in [-0.05, 0) is 5.41 Å². The van der Waals surface area contributed by atoms with Crippen LogP contribution in [-0.4, -0.2) is 56.3 Å². The zero-order valence-corrected chi connectivity index (χ0v) is 12.9. The van der Waals surface area contributed by atoms with E-state index in [1.807, 2.05) is 20.8 Å². The standard InChI is InChI=1S/C11H25N3O4S/c1-11(2,3)9-19(16,17)14(7-8-18-4)6-5-10(12)13-15/h15H,5-9H2,1-4H3,(H2,12,13). The summed E-state index contributed by atoms with van der Waals surface area (Å²) < 4.78 is 30.8. The molecule has 114 valence electrons. The summed E-state index contributed by atoms with van der Waals surface area (Å²) >= 11 is 0. The minimum absolute atomic E-state index is 0.00776. The fourth-order valence-corrected chi connectivity index (χ4v) is 3.51. The highest BCUT2D eigenvalue weighted by Gasteiger charge is 2.27. The number of nitrogens with two attached hydrogens (primary N) is 1. The van der Waals surface area contributed by atoms with Gasteiger partial charge in [-0.1, -0.05) is 25.9 Å². The van der Waals surface area contributed by atoms with Crippen molar-refractivity contribution in [3.8, 4) is 0 Å². The lowest BCUT2D eigenvalue weighted by atomic mass is 10.0. The van der Waals surface area contributed by atoms with Gasteiger partial charge in [-0.2, -0.15) is 4.31 Å². The van der Waals surface area contributed by atoms with Crippen LogP contribution in [0.3, 0.4) is 0 Å². The SMILES string of the molecule is COCCN(CCC(N)=NO)S(=O)(=O)CC(C)(C)C. The van der Waals surface area contributed by atoms with Gasteiger partial charge in [0.1, 0.15) is 5.84 Å². The molecular formula is C11H25N3O4S. The van der Waals surface area contributed by atoms with Gasteiger partial charge in [0, 0.05) is 26.6 Å². The van der Waals surface area contributed by atoms with Gasteiger partial charge >= 0.3 is 0 Å². The van der Waals surface area contributed by atoms with Crippen LogP contribution in [0, 0.1) is 5.41 Å². The maximum Gasteiger partial charge on any atom is 0.214 e. The van der Waals surface area contributed by atoms with E-state index >= 15 is 0 Å². The average Bonchev–Trinajstić information content (AvgIpc) is 2.24. The Morgan fingerprint density at radius 3 is 2.37 bits per heavy atom. The largest absolute Gasteiger partial charge is 0.409 e. The molecule has 8 heteroatoms. The van der Waals surface area contributed by atoms with Crippen LogP contribution in [0.25, 0.3) is 0 Å². The summed E-state index contributed by atoms with van der Waals surface area (Å²) in [6, 6.07) is 0. The fourth-order valence-electron chi connectivity index (χ4n) is 1.51. The summed E-state index contributed by atoms with van der Waals surface area (Å²) in [6.45, 7) is 6.33. The lowest BCUT2D eigenvalue weighted by molar-refractivity contribution is 0.179. The molecule has 0 spiro atoms. The Balaban J connectivity index is 4.81. The van der Waals surface area contributed by atoms with Crippen LogP contribution < -0.4 is 5.73 Å². The van der Waals surface area contributed by atoms with Crippen LogP contribution in [0.15, 0.2) is 5.16 Å². The molecule has 0 atom stereocenters. The van der Waals surface area contributed by atoms with Crippen molar-refractivity contribution in [2.24, 2.45) is 16.3 Å². The molecular weight excluding hydrogens is 270 g/mol. The van der Waals surface area contributed by atoms with Crippen LogP contribution in [-0.2, 0) is 14.8 Å². The Morgan fingerprint density at radius 2 is 1.95 bits per heavy atom. The van der Waals surface area contributed by atoms with E-state index in [0.717, 1.165) is 0 Å². The van der Waals surface area contributed by atoms with E-state index in [2.05, 4.69) is 5.16 Å². The highest BCUT2D eigenvalue weighted by molar-refractivity contribution is 7.89. The third kappa shape index (κ3) is 8.02. The predicted octanol–water partition coefficient (Wildman–Crippen LogP) is 0.447. The topological polar surface area (TPSA) is 105 Å². The van der Waals surface area contributed by atoms with E-state index < -0.39 is 10.0 Å². The Kier molecular flexibility index (Phi) is 7.32. The molecule has 0 amide bonds. The molecule has 19 heavy (non-hydrogen) atoms. The van der Waals surface area contributed by atoms with Crippen molar-refractivity contribution in [2.45, 2.75) is 27.2 Å². The fraction of sp³-hybridized carbons (Fsp3) is 0.909. The highest BCUT2D eigenvalue weighted by Crippen LogP contribution is 2.18. The van der Waals surface area contributed by atoms with Gasteiger partial charge in [0.15, 0.2) is 0 Å². The van der Waals surface area contributed by atoms with Gasteiger partial charge in [0.2, 0.25) is 10.0 Å². The first-order chi connectivity index (χ1) is 8.62. The van der Waals surface area contributed by atoms with Crippen LogP contribution in [0.2, 0.25) is 0 Å². The molecule has 0 aromatic carbocycles. The quantitative estimate of drug-likeness (QED) is 0.293. The molecule has 0 aliphatic carbocycles. The molecule has 3 N–H and O–H groups in total. The van der Waals surface area contributed by atoms with E-state index in [0.29, 0.717) is 6.61 Å². The molecule has 0 saturated heterocycles. The van der Waals surface area contributed by atoms with Gasteiger partial charge < -0.3 is 15.7 Å². The molecule has 0 unspecified atom stereocenters. The Morgan fingerprint density at radius 1 is 1.37 bits per heavy atom. The second-order valence-electron chi connectivity index (χ2n) is 5.55. The molecule has 0 rings (SSSR count). The van der Waals surface area contributed by atoms with Gasteiger partial charge in [-0.15, -0.1) is 0 Å². The van der Waals surface area contributed by atoms with Crippen LogP contribution in [0.4, 0.5) is 0 Å². The maximum atomic E-state index is 12.3. The van der Waals surface area contributed by atoms with Crippen molar-refractivity contribution in [3.05, 3.63) is 0 Å². The number of hydrogen-bond donors (Lipinski definition) is 2. The number of ether oxygens (including phenoxy) is 1. The molecule has 7 nitrogen and oxygen atoms in total. The minimum Gasteiger partial charge on any atom is -0.409 e. The molecule has 0 fully saturated rings. The molecule has 0 aliphatic rings. The number of oxime groups is 1. The zero-order valence-electron chi connectivity index (χ0n) is 12.1. The summed E-state index contributed by atoms with van der Waals surface area (Å²) in [6.07, 6.45) is 0.184. The number of hydrogen-bond acceptors (Lipinski definition) is 5. The third-order valence-electron chi connectivity index (χ3n) is 2.30. The van der Waals surface area contributed by atoms with Crippen molar-refractivity contribution in [3.63, 3.8) is 0 Å². The second-order valence-corrected chi connectivity index (χ2v) is 7.52. The smallest absolute Gasteiger partial charge is 0.214 e. The first-order valence-corrected chi connectivity index (χ1v) is 7.66. The van der Waals surface area contributed by atoms with E-state index in [4.69, 9.17) is 15.7 Å². The van der Waals surface area contributed by atoms with Crippen molar-refractivity contribution >= 4 is 15.9 Å². The van der Waals surface area contributed by atoms with E-state index in [-0.39, 0.29) is 36.5 Å². The molecule has 0 heterocycles. The number of nitrogens with zero attached hydrogens (tertiary/aromatic N) is 2. The molecule has 0 radical (unpaired) electrons. The summed E-state index contributed by atoms with van der Waals surface area (Å²) in [5, 5.41) is 11.3. The van der Waals surface area contributed by atoms with Gasteiger partial charge in [-0.25, -0.2) is 8.42 Å².